The van der Waals surface area contributed by atoms with Gasteiger partial charge in [0.05, 0.1) is 5.75 Å². The number of nitrogens with two attached hydrogens (primary N) is 2. The van der Waals surface area contributed by atoms with Gasteiger partial charge >= 0.3 is 0 Å². The molecule has 0 bridgehead atoms. The molecule has 0 aliphatic carbocycles. The highest BCUT2D eigenvalue weighted by Gasteiger charge is 2.16. The normalized spacial score (nSPS) is 11.8. The molecule has 0 amide bonds. The maximum Gasteiger partial charge on any atom is 0.209 e. The minimum Gasteiger partial charge on any atom is -0.453 e. The summed E-state index contributed by atoms with van der Waals surface area (Å²) in [7, 11) is 0. The Balaban J connectivity index is 1.78. The van der Waals surface area contributed by atoms with E-state index in [0.29, 0.717) is 22.6 Å². The molecule has 0 radical (unpaired) electrons. The number of aromatic nitrogens is 3. The van der Waals surface area contributed by atoms with Crippen molar-refractivity contribution in [2.75, 3.05) is 5.75 Å². The third-order valence-corrected chi connectivity index (χ3v) is 4.09. The van der Waals surface area contributed by atoms with Gasteiger partial charge in [-0.25, -0.2) is 19.0 Å². The van der Waals surface area contributed by atoms with Crippen molar-refractivity contribution in [1.29, 1.82) is 0 Å². The van der Waals surface area contributed by atoms with Gasteiger partial charge < -0.3 is 15.7 Å². The van der Waals surface area contributed by atoms with E-state index in [9.17, 15) is 13.2 Å². The molecule has 0 atom stereocenters. The monoisotopic (exact) mass is 383 g/mol. The molecule has 0 aliphatic heterocycles. The fourth-order valence-electron chi connectivity index (χ4n) is 1.99. The highest BCUT2D eigenvalue weighted by atomic mass is 32.2. The van der Waals surface area contributed by atoms with E-state index in [-0.39, 0.29) is 17.1 Å². The molecular formula is C14H12F3N7OS. The standard InChI is InChI=1S/C14H12F3N7OS/c15-7-3-6(4-8(16)12(7)17)9-1-2-10(25-9)13-20-14(24-23-13)26-5-11(21-18)22-19/h1-4H,5,18-19H2,(H,21,22)(H,20,23,24). The second kappa shape index (κ2) is 7.49. The minimum absolute atomic E-state index is 0.0552. The number of thioether (sulfide) groups is 1. The van der Waals surface area contributed by atoms with Crippen LogP contribution < -0.4 is 17.1 Å². The molecule has 0 unspecified atom stereocenters. The van der Waals surface area contributed by atoms with Crippen LogP contribution in [-0.4, -0.2) is 26.8 Å². The zero-order chi connectivity index (χ0) is 18.7. The first kappa shape index (κ1) is 17.8. The van der Waals surface area contributed by atoms with Gasteiger partial charge in [0.25, 0.3) is 0 Å². The number of hydrogen-bond donors (Lipinski definition) is 4. The maximum absolute atomic E-state index is 13.3. The van der Waals surface area contributed by atoms with Crippen LogP contribution in [0.2, 0.25) is 0 Å². The van der Waals surface area contributed by atoms with Crippen molar-refractivity contribution < 1.29 is 17.6 Å². The summed E-state index contributed by atoms with van der Waals surface area (Å²) in [5.74, 6) is 7.60. The van der Waals surface area contributed by atoms with E-state index >= 15 is 0 Å². The predicted octanol–water partition coefficient (Wildman–Crippen LogP) is 1.98. The molecule has 3 aromatic rings. The predicted molar refractivity (Wildman–Crippen MR) is 89.1 cm³/mol. The molecule has 0 fully saturated rings. The van der Waals surface area contributed by atoms with Crippen LogP contribution >= 0.6 is 11.8 Å². The number of nitrogens with zero attached hydrogens (tertiary/aromatic N) is 3. The summed E-state index contributed by atoms with van der Waals surface area (Å²) < 4.78 is 45.3. The van der Waals surface area contributed by atoms with E-state index in [1.165, 1.54) is 23.9 Å². The second-order valence-corrected chi connectivity index (χ2v) is 5.84. The van der Waals surface area contributed by atoms with Gasteiger partial charge in [0.2, 0.25) is 5.16 Å². The van der Waals surface area contributed by atoms with Crippen LogP contribution in [0.25, 0.3) is 22.9 Å². The van der Waals surface area contributed by atoms with Crippen LogP contribution in [0.3, 0.4) is 0 Å². The first-order valence-corrected chi connectivity index (χ1v) is 8.04. The van der Waals surface area contributed by atoms with E-state index < -0.39 is 17.5 Å². The number of rotatable bonds is 5. The van der Waals surface area contributed by atoms with Crippen molar-refractivity contribution in [3.63, 3.8) is 0 Å². The average molecular weight is 383 g/mol. The summed E-state index contributed by atoms with van der Waals surface area (Å²) in [6.45, 7) is 0. The fraction of sp³-hybridized carbons (Fsp3) is 0.0714. The van der Waals surface area contributed by atoms with Gasteiger partial charge in [0.1, 0.15) is 11.6 Å². The van der Waals surface area contributed by atoms with Crippen LogP contribution in [0.1, 0.15) is 0 Å². The lowest BCUT2D eigenvalue weighted by molar-refractivity contribution is 0.447. The Morgan fingerprint density at radius 2 is 1.92 bits per heavy atom. The highest BCUT2D eigenvalue weighted by Crippen LogP contribution is 2.29. The van der Waals surface area contributed by atoms with Gasteiger partial charge in [-0.1, -0.05) is 11.8 Å². The van der Waals surface area contributed by atoms with E-state index in [0.717, 1.165) is 12.1 Å². The number of hydrazone groups is 1. The van der Waals surface area contributed by atoms with E-state index in [1.807, 2.05) is 0 Å². The molecular weight excluding hydrogens is 371 g/mol. The lowest BCUT2D eigenvalue weighted by Gasteiger charge is -2.00. The smallest absolute Gasteiger partial charge is 0.209 e. The molecule has 1 aromatic carbocycles. The van der Waals surface area contributed by atoms with Gasteiger partial charge in [-0.15, -0.1) is 5.10 Å². The molecule has 12 heteroatoms. The number of hydrazine groups is 1. The summed E-state index contributed by atoms with van der Waals surface area (Å²) in [5, 5.41) is 10.5. The van der Waals surface area contributed by atoms with E-state index in [4.69, 9.17) is 16.1 Å². The van der Waals surface area contributed by atoms with Gasteiger partial charge in [0.15, 0.2) is 29.0 Å². The molecule has 0 saturated carbocycles. The van der Waals surface area contributed by atoms with Gasteiger partial charge in [0, 0.05) is 5.56 Å². The number of amidine groups is 1. The summed E-state index contributed by atoms with van der Waals surface area (Å²) in [6.07, 6.45) is 0. The molecule has 2 aromatic heterocycles. The molecule has 26 heavy (non-hydrogen) atoms. The van der Waals surface area contributed by atoms with Gasteiger partial charge in [-0.05, 0) is 24.3 Å². The number of halogens is 3. The Kier molecular flexibility index (Phi) is 5.14. The van der Waals surface area contributed by atoms with Crippen molar-refractivity contribution in [1.82, 2.24) is 20.6 Å². The first-order valence-electron chi connectivity index (χ1n) is 7.05. The first-order chi connectivity index (χ1) is 12.5. The number of benzene rings is 1. The molecule has 2 heterocycles. The van der Waals surface area contributed by atoms with Crippen LogP contribution in [0, 0.1) is 17.5 Å². The number of aromatic amines is 1. The number of hydrogen-bond acceptors (Lipinski definition) is 7. The largest absolute Gasteiger partial charge is 0.453 e. The van der Waals surface area contributed by atoms with Crippen molar-refractivity contribution in [2.24, 2.45) is 16.8 Å². The topological polar surface area (TPSA) is 131 Å². The van der Waals surface area contributed by atoms with Gasteiger partial charge in [-0.3, -0.25) is 5.10 Å². The van der Waals surface area contributed by atoms with Crippen molar-refractivity contribution in [3.05, 3.63) is 41.7 Å². The van der Waals surface area contributed by atoms with Crippen LogP contribution in [0.5, 0.6) is 0 Å². The molecule has 0 saturated heterocycles. The Bertz CT molecular complexity index is 933. The molecule has 136 valence electrons. The summed E-state index contributed by atoms with van der Waals surface area (Å²) in [5.41, 5.74) is 2.38. The average Bonchev–Trinajstić information content (AvgIpc) is 3.29. The van der Waals surface area contributed by atoms with E-state index in [1.54, 1.807) is 0 Å². The SMILES string of the molecule is N/N=C(/CSc1n[nH]c(-c2ccc(-c3cc(F)c(F)c(F)c3)o2)n1)NN. The molecule has 8 nitrogen and oxygen atoms in total. The number of H-pyrrole nitrogens is 1. The third-order valence-electron chi connectivity index (χ3n) is 3.23. The Morgan fingerprint density at radius 3 is 2.58 bits per heavy atom. The number of nitrogens with one attached hydrogen (secondary N) is 2. The Morgan fingerprint density at radius 1 is 1.23 bits per heavy atom. The van der Waals surface area contributed by atoms with Crippen LogP contribution in [-0.2, 0) is 0 Å². The van der Waals surface area contributed by atoms with Crippen molar-refractivity contribution in [3.8, 4) is 22.9 Å². The van der Waals surface area contributed by atoms with Crippen molar-refractivity contribution >= 4 is 17.6 Å². The molecule has 6 N–H and O–H groups in total. The molecule has 0 spiro atoms. The number of furan rings is 1. The van der Waals surface area contributed by atoms with Gasteiger partial charge in [-0.2, -0.15) is 10.1 Å². The summed E-state index contributed by atoms with van der Waals surface area (Å²) in [6, 6.07) is 4.71. The molecule has 0 aliphatic rings. The highest BCUT2D eigenvalue weighted by molar-refractivity contribution is 7.99. The zero-order valence-electron chi connectivity index (χ0n) is 13.0. The Labute approximate surface area is 148 Å². The molecule has 3 rings (SSSR count). The maximum atomic E-state index is 13.3. The minimum atomic E-state index is -1.54. The van der Waals surface area contributed by atoms with Crippen LogP contribution in [0.15, 0.2) is 38.9 Å². The lowest BCUT2D eigenvalue weighted by atomic mass is 10.1. The Hall–Kier alpha value is -2.99. The van der Waals surface area contributed by atoms with E-state index in [2.05, 4.69) is 25.7 Å². The summed E-state index contributed by atoms with van der Waals surface area (Å²) >= 11 is 1.21. The lowest BCUT2D eigenvalue weighted by Crippen LogP contribution is -2.33. The van der Waals surface area contributed by atoms with Crippen molar-refractivity contribution in [2.45, 2.75) is 5.16 Å². The summed E-state index contributed by atoms with van der Waals surface area (Å²) in [4.78, 5) is 4.21. The zero-order valence-corrected chi connectivity index (χ0v) is 13.8. The third kappa shape index (κ3) is 3.65. The second-order valence-electron chi connectivity index (χ2n) is 4.89. The van der Waals surface area contributed by atoms with Crippen LogP contribution in [0.4, 0.5) is 13.2 Å². The quantitative estimate of drug-likeness (QED) is 0.132. The fourth-order valence-corrected chi connectivity index (χ4v) is 2.68.